The van der Waals surface area contributed by atoms with E-state index in [9.17, 15) is 4.39 Å². The molecule has 0 saturated heterocycles. The van der Waals surface area contributed by atoms with Crippen LogP contribution in [0.2, 0.25) is 0 Å². The van der Waals surface area contributed by atoms with Gasteiger partial charge < -0.3 is 4.90 Å². The minimum absolute atomic E-state index is 0.346. The lowest BCUT2D eigenvalue weighted by Gasteiger charge is -2.18. The summed E-state index contributed by atoms with van der Waals surface area (Å²) in [5.41, 5.74) is 1.06. The van der Waals surface area contributed by atoms with Gasteiger partial charge in [0, 0.05) is 5.69 Å². The summed E-state index contributed by atoms with van der Waals surface area (Å²) in [5.74, 6) is 0.285. The summed E-state index contributed by atoms with van der Waals surface area (Å²) in [6.45, 7) is 0.572. The zero-order valence-electron chi connectivity index (χ0n) is 9.57. The van der Waals surface area contributed by atoms with Crippen LogP contribution in [-0.2, 0) is 0 Å². The minimum Gasteiger partial charge on any atom is -0.311 e. The Labute approximate surface area is 104 Å². The molecule has 0 radical (unpaired) electrons. The van der Waals surface area contributed by atoms with Crippen molar-refractivity contribution in [2.24, 2.45) is 5.10 Å². The van der Waals surface area contributed by atoms with Gasteiger partial charge in [0.1, 0.15) is 18.8 Å². The molecule has 2 heterocycles. The molecule has 0 fully saturated rings. The first kappa shape index (κ1) is 10.7. The molecule has 0 atom stereocenters. The highest BCUT2D eigenvalue weighted by Gasteiger charge is 2.17. The van der Waals surface area contributed by atoms with E-state index < -0.39 is 0 Å². The Kier molecular flexibility index (Phi) is 2.64. The van der Waals surface area contributed by atoms with Crippen molar-refractivity contribution in [3.63, 3.8) is 0 Å². The number of hydrogen-bond acceptors (Lipinski definition) is 4. The number of pyridine rings is 1. The van der Waals surface area contributed by atoms with E-state index in [0.29, 0.717) is 12.5 Å². The molecule has 4 nitrogen and oxygen atoms in total. The number of hydrazone groups is 1. The summed E-state index contributed by atoms with van der Waals surface area (Å²) in [7, 11) is 0. The monoisotopic (exact) mass is 242 g/mol. The second kappa shape index (κ2) is 4.44. The van der Waals surface area contributed by atoms with E-state index in [4.69, 9.17) is 0 Å². The summed E-state index contributed by atoms with van der Waals surface area (Å²) in [5, 5.41) is 5.96. The Hall–Kier alpha value is -2.43. The normalized spacial score (nSPS) is 14.3. The van der Waals surface area contributed by atoms with Gasteiger partial charge in [0.2, 0.25) is 0 Å². The smallest absolute Gasteiger partial charge is 0.150 e. The van der Waals surface area contributed by atoms with Crippen LogP contribution in [0.25, 0.3) is 0 Å². The van der Waals surface area contributed by atoms with Gasteiger partial charge in [-0.05, 0) is 24.3 Å². The van der Waals surface area contributed by atoms with Crippen LogP contribution in [0.5, 0.6) is 0 Å². The van der Waals surface area contributed by atoms with Gasteiger partial charge in [-0.2, -0.15) is 5.10 Å². The third-order valence-electron chi connectivity index (χ3n) is 2.68. The maximum Gasteiger partial charge on any atom is 0.150 e. The number of para-hydroxylation sites is 1. The predicted molar refractivity (Wildman–Crippen MR) is 69.0 cm³/mol. The second-order valence-electron chi connectivity index (χ2n) is 3.91. The van der Waals surface area contributed by atoms with Crippen molar-refractivity contribution in [3.8, 4) is 0 Å². The molecule has 0 aliphatic carbocycles. The van der Waals surface area contributed by atoms with Crippen molar-refractivity contribution in [3.05, 3.63) is 54.5 Å². The van der Waals surface area contributed by atoms with Crippen LogP contribution in [0.1, 0.15) is 0 Å². The van der Waals surface area contributed by atoms with Gasteiger partial charge in [0.25, 0.3) is 0 Å². The number of anilines is 2. The van der Waals surface area contributed by atoms with Crippen molar-refractivity contribution in [1.29, 1.82) is 0 Å². The largest absolute Gasteiger partial charge is 0.311 e. The molecule has 18 heavy (non-hydrogen) atoms. The minimum atomic E-state index is -0.346. The SMILES string of the molecule is Fc1ccc(N2CN(c3ccccc3)C=N2)nc1. The Morgan fingerprint density at radius 2 is 1.89 bits per heavy atom. The zero-order valence-corrected chi connectivity index (χ0v) is 9.57. The molecule has 1 aromatic heterocycles. The predicted octanol–water partition coefficient (Wildman–Crippen LogP) is 2.45. The number of hydrogen-bond donors (Lipinski definition) is 0. The average Bonchev–Trinajstić information content (AvgIpc) is 2.90. The van der Waals surface area contributed by atoms with Gasteiger partial charge in [-0.25, -0.2) is 14.4 Å². The fourth-order valence-electron chi connectivity index (χ4n) is 1.76. The molecule has 0 bridgehead atoms. The van der Waals surface area contributed by atoms with Crippen molar-refractivity contribution >= 4 is 17.8 Å². The van der Waals surface area contributed by atoms with Gasteiger partial charge in [-0.1, -0.05) is 18.2 Å². The molecule has 1 aromatic carbocycles. The molecule has 1 aliphatic heterocycles. The van der Waals surface area contributed by atoms with Crippen molar-refractivity contribution in [2.45, 2.75) is 0 Å². The molecule has 90 valence electrons. The van der Waals surface area contributed by atoms with Crippen LogP contribution < -0.4 is 9.91 Å². The summed E-state index contributed by atoms with van der Waals surface area (Å²) in [6, 6.07) is 12.9. The maximum atomic E-state index is 12.8. The Bertz CT molecular complexity index is 553. The van der Waals surface area contributed by atoms with E-state index in [0.717, 1.165) is 5.69 Å². The summed E-state index contributed by atoms with van der Waals surface area (Å²) in [6.07, 6.45) is 2.93. The number of benzene rings is 1. The number of nitrogens with zero attached hydrogens (tertiary/aromatic N) is 4. The third kappa shape index (κ3) is 2.02. The van der Waals surface area contributed by atoms with Crippen LogP contribution >= 0.6 is 0 Å². The van der Waals surface area contributed by atoms with Crippen molar-refractivity contribution < 1.29 is 4.39 Å². The summed E-state index contributed by atoms with van der Waals surface area (Å²) in [4.78, 5) is 5.99. The molecule has 0 N–H and O–H groups in total. The zero-order chi connectivity index (χ0) is 12.4. The quantitative estimate of drug-likeness (QED) is 0.810. The van der Waals surface area contributed by atoms with E-state index in [1.165, 1.54) is 12.3 Å². The first-order valence-corrected chi connectivity index (χ1v) is 5.58. The molecule has 0 unspecified atom stereocenters. The van der Waals surface area contributed by atoms with Gasteiger partial charge in [0.05, 0.1) is 6.20 Å². The van der Waals surface area contributed by atoms with Gasteiger partial charge >= 0.3 is 0 Å². The topological polar surface area (TPSA) is 31.7 Å². The fraction of sp³-hybridized carbons (Fsp3) is 0.0769. The standard InChI is InChI=1S/C13H11FN4/c14-11-6-7-13(15-8-11)18-10-17(9-16-18)12-4-2-1-3-5-12/h1-9H,10H2. The van der Waals surface area contributed by atoms with Crippen LogP contribution in [0.3, 0.4) is 0 Å². The molecule has 2 aromatic rings. The maximum absolute atomic E-state index is 12.8. The van der Waals surface area contributed by atoms with Crippen LogP contribution in [0.15, 0.2) is 53.8 Å². The molecule has 0 amide bonds. The highest BCUT2D eigenvalue weighted by Crippen LogP contribution is 2.19. The van der Waals surface area contributed by atoms with E-state index in [1.807, 2.05) is 35.2 Å². The molecular formula is C13H11FN4. The first-order valence-electron chi connectivity index (χ1n) is 5.58. The van der Waals surface area contributed by atoms with E-state index in [-0.39, 0.29) is 5.82 Å². The lowest BCUT2D eigenvalue weighted by Crippen LogP contribution is -2.26. The summed E-state index contributed by atoms with van der Waals surface area (Å²) >= 11 is 0. The Balaban J connectivity index is 1.77. The van der Waals surface area contributed by atoms with E-state index in [1.54, 1.807) is 17.4 Å². The molecule has 5 heteroatoms. The number of rotatable bonds is 2. The van der Waals surface area contributed by atoms with Gasteiger partial charge in [0.15, 0.2) is 5.82 Å². The Morgan fingerprint density at radius 3 is 2.61 bits per heavy atom. The van der Waals surface area contributed by atoms with E-state index >= 15 is 0 Å². The molecule has 0 saturated carbocycles. The summed E-state index contributed by atoms with van der Waals surface area (Å²) < 4.78 is 12.8. The molecule has 0 spiro atoms. The molecule has 1 aliphatic rings. The molecular weight excluding hydrogens is 231 g/mol. The van der Waals surface area contributed by atoms with Gasteiger partial charge in [-0.3, -0.25) is 0 Å². The fourth-order valence-corrected chi connectivity index (χ4v) is 1.76. The second-order valence-corrected chi connectivity index (χ2v) is 3.91. The van der Waals surface area contributed by atoms with E-state index in [2.05, 4.69) is 10.1 Å². The third-order valence-corrected chi connectivity index (χ3v) is 2.68. The van der Waals surface area contributed by atoms with Crippen LogP contribution in [0, 0.1) is 5.82 Å². The van der Waals surface area contributed by atoms with Gasteiger partial charge in [-0.15, -0.1) is 0 Å². The highest BCUT2D eigenvalue weighted by molar-refractivity contribution is 5.82. The molecule has 3 rings (SSSR count). The first-order chi connectivity index (χ1) is 8.83. The van der Waals surface area contributed by atoms with Crippen LogP contribution in [0.4, 0.5) is 15.9 Å². The van der Waals surface area contributed by atoms with Crippen molar-refractivity contribution in [1.82, 2.24) is 4.98 Å². The number of aromatic nitrogens is 1. The lowest BCUT2D eigenvalue weighted by molar-refractivity contribution is 0.620. The highest BCUT2D eigenvalue weighted by atomic mass is 19.1. The Morgan fingerprint density at radius 1 is 1.06 bits per heavy atom. The average molecular weight is 242 g/mol. The lowest BCUT2D eigenvalue weighted by atomic mass is 10.3. The van der Waals surface area contributed by atoms with Crippen LogP contribution in [-0.4, -0.2) is 18.0 Å². The van der Waals surface area contributed by atoms with Crippen molar-refractivity contribution in [2.75, 3.05) is 16.6 Å². The number of halogens is 1.